The molecular formula is C21H17F3N2O2. The molecule has 0 atom stereocenters. The van der Waals surface area contributed by atoms with Gasteiger partial charge in [0.05, 0.1) is 11.4 Å². The lowest BCUT2D eigenvalue weighted by molar-refractivity contribution is -0.142. The predicted molar refractivity (Wildman–Crippen MR) is 100 cm³/mol. The fourth-order valence-electron chi connectivity index (χ4n) is 3.51. The van der Waals surface area contributed by atoms with Gasteiger partial charge in [0.25, 0.3) is 0 Å². The summed E-state index contributed by atoms with van der Waals surface area (Å²) in [4.78, 5) is 16.7. The van der Waals surface area contributed by atoms with Gasteiger partial charge in [0.1, 0.15) is 5.69 Å². The number of aromatic nitrogens is 1. The molecular weight excluding hydrogens is 369 g/mol. The van der Waals surface area contributed by atoms with Crippen molar-refractivity contribution in [2.75, 3.05) is 18.0 Å². The molecule has 144 valence electrons. The lowest BCUT2D eigenvalue weighted by atomic mass is 9.95. The van der Waals surface area contributed by atoms with Gasteiger partial charge in [0, 0.05) is 24.2 Å². The summed E-state index contributed by atoms with van der Waals surface area (Å²) >= 11 is 0. The van der Waals surface area contributed by atoms with Gasteiger partial charge >= 0.3 is 12.1 Å². The Hall–Kier alpha value is -3.09. The number of hydrogen-bond donors (Lipinski definition) is 1. The molecule has 28 heavy (non-hydrogen) atoms. The zero-order valence-corrected chi connectivity index (χ0v) is 15.0. The third-order valence-corrected chi connectivity index (χ3v) is 4.98. The molecule has 4 rings (SSSR count). The SMILES string of the molecule is Cc1cc(-c2cc(C(F)(F)F)nc3ccccc23)cc(N2CC(C(=O)O)C2)c1. The highest BCUT2D eigenvalue weighted by Gasteiger charge is 2.34. The largest absolute Gasteiger partial charge is 0.481 e. The van der Waals surface area contributed by atoms with Crippen LogP contribution in [0.5, 0.6) is 0 Å². The first kappa shape index (κ1) is 18.3. The van der Waals surface area contributed by atoms with Crippen molar-refractivity contribution in [3.63, 3.8) is 0 Å². The molecule has 0 amide bonds. The summed E-state index contributed by atoms with van der Waals surface area (Å²) in [7, 11) is 0. The second-order valence-corrected chi connectivity index (χ2v) is 7.07. The van der Waals surface area contributed by atoms with Crippen LogP contribution in [0, 0.1) is 12.8 Å². The number of halogens is 3. The van der Waals surface area contributed by atoms with Gasteiger partial charge in [-0.3, -0.25) is 4.79 Å². The van der Waals surface area contributed by atoms with Crippen molar-refractivity contribution in [2.45, 2.75) is 13.1 Å². The van der Waals surface area contributed by atoms with Gasteiger partial charge in [-0.05, 0) is 47.9 Å². The van der Waals surface area contributed by atoms with Gasteiger partial charge in [0.15, 0.2) is 0 Å². The number of nitrogens with zero attached hydrogens (tertiary/aromatic N) is 2. The normalized spacial score (nSPS) is 14.9. The minimum atomic E-state index is -4.54. The number of benzene rings is 2. The zero-order valence-electron chi connectivity index (χ0n) is 15.0. The van der Waals surface area contributed by atoms with Gasteiger partial charge in [-0.15, -0.1) is 0 Å². The number of aliphatic carboxylic acids is 1. The van der Waals surface area contributed by atoms with E-state index in [-0.39, 0.29) is 5.52 Å². The quantitative estimate of drug-likeness (QED) is 0.706. The van der Waals surface area contributed by atoms with E-state index < -0.39 is 23.8 Å². The summed E-state index contributed by atoms with van der Waals surface area (Å²) < 4.78 is 40.1. The Kier molecular flexibility index (Phi) is 4.25. The van der Waals surface area contributed by atoms with E-state index in [9.17, 15) is 18.0 Å². The lowest BCUT2D eigenvalue weighted by Gasteiger charge is -2.39. The number of pyridine rings is 1. The molecule has 7 heteroatoms. The molecule has 0 spiro atoms. The van der Waals surface area contributed by atoms with E-state index in [1.807, 2.05) is 30.0 Å². The van der Waals surface area contributed by atoms with Crippen molar-refractivity contribution in [2.24, 2.45) is 5.92 Å². The highest BCUT2D eigenvalue weighted by atomic mass is 19.4. The van der Waals surface area contributed by atoms with Crippen molar-refractivity contribution in [3.05, 3.63) is 59.8 Å². The minimum absolute atomic E-state index is 0.283. The van der Waals surface area contributed by atoms with Crippen LogP contribution in [-0.4, -0.2) is 29.1 Å². The number of carboxylic acids is 1. The monoisotopic (exact) mass is 386 g/mol. The molecule has 1 aromatic heterocycles. The fraction of sp³-hybridized carbons (Fsp3) is 0.238. The molecule has 1 N–H and O–H groups in total. The van der Waals surface area contributed by atoms with Crippen molar-refractivity contribution in [1.82, 2.24) is 4.98 Å². The van der Waals surface area contributed by atoms with Crippen molar-refractivity contribution in [1.29, 1.82) is 0 Å². The molecule has 1 fully saturated rings. The van der Waals surface area contributed by atoms with Crippen molar-refractivity contribution in [3.8, 4) is 11.1 Å². The summed E-state index contributed by atoms with van der Waals surface area (Å²) in [6.07, 6.45) is -4.54. The van der Waals surface area contributed by atoms with E-state index in [0.717, 1.165) is 17.3 Å². The summed E-state index contributed by atoms with van der Waals surface area (Å²) in [5.74, 6) is -1.25. The number of anilines is 1. The van der Waals surface area contributed by atoms with Crippen LogP contribution in [0.15, 0.2) is 48.5 Å². The maximum absolute atomic E-state index is 13.4. The van der Waals surface area contributed by atoms with Crippen LogP contribution in [0.2, 0.25) is 0 Å². The Balaban J connectivity index is 1.83. The van der Waals surface area contributed by atoms with Crippen molar-refractivity contribution < 1.29 is 23.1 Å². The Bertz CT molecular complexity index is 1070. The third-order valence-electron chi connectivity index (χ3n) is 4.98. The fourth-order valence-corrected chi connectivity index (χ4v) is 3.51. The van der Waals surface area contributed by atoms with Gasteiger partial charge in [-0.25, -0.2) is 4.98 Å². The summed E-state index contributed by atoms with van der Waals surface area (Å²) in [5, 5.41) is 9.71. The Morgan fingerprint density at radius 3 is 2.54 bits per heavy atom. The molecule has 1 saturated heterocycles. The van der Waals surface area contributed by atoms with Crippen LogP contribution in [0.1, 0.15) is 11.3 Å². The van der Waals surface area contributed by atoms with Crippen LogP contribution in [0.4, 0.5) is 18.9 Å². The van der Waals surface area contributed by atoms with Crippen LogP contribution >= 0.6 is 0 Å². The van der Waals surface area contributed by atoms with Gasteiger partial charge < -0.3 is 10.0 Å². The molecule has 0 aliphatic carbocycles. The highest BCUT2D eigenvalue weighted by molar-refractivity contribution is 5.95. The van der Waals surface area contributed by atoms with E-state index in [2.05, 4.69) is 4.98 Å². The molecule has 4 nitrogen and oxygen atoms in total. The van der Waals surface area contributed by atoms with E-state index in [0.29, 0.717) is 29.6 Å². The molecule has 0 saturated carbocycles. The van der Waals surface area contributed by atoms with Gasteiger partial charge in [-0.1, -0.05) is 24.3 Å². The number of hydrogen-bond acceptors (Lipinski definition) is 3. The second-order valence-electron chi connectivity index (χ2n) is 7.07. The lowest BCUT2D eigenvalue weighted by Crippen LogP contribution is -2.50. The third kappa shape index (κ3) is 3.28. The van der Waals surface area contributed by atoms with E-state index in [1.54, 1.807) is 24.3 Å². The summed E-state index contributed by atoms with van der Waals surface area (Å²) in [6.45, 7) is 2.65. The number of carbonyl (C=O) groups is 1. The van der Waals surface area contributed by atoms with Crippen LogP contribution in [-0.2, 0) is 11.0 Å². The topological polar surface area (TPSA) is 53.4 Å². The predicted octanol–water partition coefficient (Wildman–Crippen LogP) is 4.75. The number of carboxylic acid groups (broad SMARTS) is 1. The molecule has 0 bridgehead atoms. The van der Waals surface area contributed by atoms with Crippen LogP contribution in [0.25, 0.3) is 22.0 Å². The first-order chi connectivity index (χ1) is 13.2. The molecule has 1 aliphatic rings. The van der Waals surface area contributed by atoms with Crippen LogP contribution in [0.3, 0.4) is 0 Å². The number of para-hydroxylation sites is 1. The summed E-state index contributed by atoms with van der Waals surface area (Å²) in [5.41, 5.74) is 2.16. The van der Waals surface area contributed by atoms with Crippen LogP contribution < -0.4 is 4.90 Å². The molecule has 2 heterocycles. The van der Waals surface area contributed by atoms with E-state index >= 15 is 0 Å². The zero-order chi connectivity index (χ0) is 20.1. The smallest absolute Gasteiger partial charge is 0.433 e. The molecule has 0 radical (unpaired) electrons. The van der Waals surface area contributed by atoms with Crippen molar-refractivity contribution >= 4 is 22.6 Å². The molecule has 3 aromatic rings. The van der Waals surface area contributed by atoms with E-state index in [4.69, 9.17) is 5.11 Å². The standard InChI is InChI=1S/C21H17F3N2O2/c1-12-6-13(8-15(7-12)26-10-14(11-26)20(27)28)17-9-19(21(22,23)24)25-18-5-3-2-4-16(17)18/h2-9,14H,10-11H2,1H3,(H,27,28). The Morgan fingerprint density at radius 1 is 1.14 bits per heavy atom. The number of fused-ring (bicyclic) bond motifs is 1. The first-order valence-corrected chi connectivity index (χ1v) is 8.79. The number of alkyl halides is 3. The van der Waals surface area contributed by atoms with Gasteiger partial charge in [-0.2, -0.15) is 13.2 Å². The molecule has 1 aliphatic heterocycles. The molecule has 2 aromatic carbocycles. The van der Waals surface area contributed by atoms with Gasteiger partial charge in [0.2, 0.25) is 0 Å². The Morgan fingerprint density at radius 2 is 1.86 bits per heavy atom. The minimum Gasteiger partial charge on any atom is -0.481 e. The summed E-state index contributed by atoms with van der Waals surface area (Å²) in [6, 6.07) is 13.4. The average Bonchev–Trinajstić information content (AvgIpc) is 2.58. The maximum Gasteiger partial charge on any atom is 0.433 e. The van der Waals surface area contributed by atoms with E-state index in [1.165, 1.54) is 0 Å². The average molecular weight is 386 g/mol. The molecule has 0 unspecified atom stereocenters. The second kappa shape index (κ2) is 6.51. The number of aryl methyl sites for hydroxylation is 1. The Labute approximate surface area is 159 Å². The highest BCUT2D eigenvalue weighted by Crippen LogP contribution is 2.37. The number of rotatable bonds is 3. The maximum atomic E-state index is 13.4. The first-order valence-electron chi connectivity index (χ1n) is 8.79.